The first-order valence-electron chi connectivity index (χ1n) is 4.84. The second kappa shape index (κ2) is 4.10. The van der Waals surface area contributed by atoms with Gasteiger partial charge in [-0.05, 0) is 0 Å². The number of hydrogen-bond acceptors (Lipinski definition) is 4. The van der Waals surface area contributed by atoms with Gasteiger partial charge in [0.15, 0.2) is 0 Å². The van der Waals surface area contributed by atoms with Gasteiger partial charge in [0, 0.05) is 0 Å². The summed E-state index contributed by atoms with van der Waals surface area (Å²) >= 11 is -0.370. The molecular formula is C10H9AsN4O. The maximum absolute atomic E-state index is 5.31. The summed E-state index contributed by atoms with van der Waals surface area (Å²) in [5.41, 5.74) is 1.71. The fraction of sp³-hybridized carbons (Fsp3) is 0.100. The molecule has 0 aliphatic heterocycles. The number of H-pyrrole nitrogens is 1. The molecule has 0 saturated carbocycles. The van der Waals surface area contributed by atoms with E-state index in [-0.39, 0.29) is 15.8 Å². The number of rotatable bonds is 3. The van der Waals surface area contributed by atoms with E-state index in [9.17, 15) is 0 Å². The van der Waals surface area contributed by atoms with E-state index in [1.807, 2.05) is 12.1 Å². The van der Waals surface area contributed by atoms with Gasteiger partial charge in [0.05, 0.1) is 0 Å². The summed E-state index contributed by atoms with van der Waals surface area (Å²) in [6.07, 6.45) is 4.94. The summed E-state index contributed by atoms with van der Waals surface area (Å²) in [6.45, 7) is 0. The molecule has 1 N–H and O–H groups in total. The average Bonchev–Trinajstić information content (AvgIpc) is 2.97. The van der Waals surface area contributed by atoms with E-state index < -0.39 is 0 Å². The number of aromatic amines is 1. The molecular weight excluding hydrogens is 267 g/mol. The van der Waals surface area contributed by atoms with Crippen molar-refractivity contribution in [3.63, 3.8) is 0 Å². The normalized spacial score (nSPS) is 11.8. The molecule has 0 bridgehead atoms. The van der Waals surface area contributed by atoms with Crippen molar-refractivity contribution >= 4 is 31.4 Å². The Labute approximate surface area is 98.0 Å². The molecule has 0 aromatic carbocycles. The number of aromatic nitrogens is 4. The third kappa shape index (κ3) is 1.74. The summed E-state index contributed by atoms with van der Waals surface area (Å²) in [4.78, 5) is 15.6. The second-order valence-electron chi connectivity index (χ2n) is 3.25. The summed E-state index contributed by atoms with van der Waals surface area (Å²) in [7, 11) is 0. The molecule has 3 rings (SSSR count). The van der Waals surface area contributed by atoms with Gasteiger partial charge in [-0.25, -0.2) is 0 Å². The van der Waals surface area contributed by atoms with Crippen molar-refractivity contribution < 1.29 is 4.42 Å². The molecule has 80 valence electrons. The molecule has 3 aromatic heterocycles. The summed E-state index contributed by atoms with van der Waals surface area (Å²) in [5.74, 6) is 1.02. The molecule has 0 fully saturated rings. The van der Waals surface area contributed by atoms with E-state index >= 15 is 0 Å². The number of furan rings is 1. The molecule has 0 aliphatic carbocycles. The standard InChI is InChI=1S/C10H9AsN4O/c1-2-7(16-3-1)4-11-9-8-10(14-5-12-8)15-6-13-9/h1-3,5-6,11H,4H2,(H,12,13,14,15). The van der Waals surface area contributed by atoms with Crippen molar-refractivity contribution in [2.24, 2.45) is 0 Å². The van der Waals surface area contributed by atoms with Gasteiger partial charge in [0.2, 0.25) is 0 Å². The van der Waals surface area contributed by atoms with Crippen LogP contribution in [0, 0.1) is 0 Å². The van der Waals surface area contributed by atoms with Gasteiger partial charge in [0.1, 0.15) is 0 Å². The number of imidazole rings is 1. The van der Waals surface area contributed by atoms with Crippen LogP contribution in [-0.4, -0.2) is 35.7 Å². The molecule has 0 saturated heterocycles. The third-order valence-electron chi connectivity index (χ3n) is 2.23. The molecule has 6 heteroatoms. The molecule has 0 spiro atoms. The predicted molar refractivity (Wildman–Crippen MR) is 60.9 cm³/mol. The van der Waals surface area contributed by atoms with Crippen LogP contribution in [0.3, 0.4) is 0 Å². The Hall–Kier alpha value is -1.61. The fourth-order valence-electron chi connectivity index (χ4n) is 1.48. The van der Waals surface area contributed by atoms with Gasteiger partial charge < -0.3 is 0 Å². The van der Waals surface area contributed by atoms with Gasteiger partial charge in [-0.2, -0.15) is 0 Å². The Morgan fingerprint density at radius 1 is 1.31 bits per heavy atom. The number of hydrogen-bond donors (Lipinski definition) is 1. The fourth-order valence-corrected chi connectivity index (χ4v) is 3.66. The van der Waals surface area contributed by atoms with E-state index in [0.717, 1.165) is 26.6 Å². The molecule has 0 amide bonds. The van der Waals surface area contributed by atoms with Crippen molar-refractivity contribution in [1.82, 2.24) is 19.9 Å². The van der Waals surface area contributed by atoms with E-state index in [2.05, 4.69) is 19.9 Å². The molecule has 1 atom stereocenters. The van der Waals surface area contributed by atoms with E-state index in [1.165, 1.54) is 0 Å². The zero-order valence-electron chi connectivity index (χ0n) is 8.34. The van der Waals surface area contributed by atoms with E-state index in [4.69, 9.17) is 4.42 Å². The van der Waals surface area contributed by atoms with E-state index in [1.54, 1.807) is 18.9 Å². The Morgan fingerprint density at radius 2 is 2.31 bits per heavy atom. The Bertz CT molecular complexity index is 590. The van der Waals surface area contributed by atoms with Crippen LogP contribution in [0.4, 0.5) is 0 Å². The van der Waals surface area contributed by atoms with Gasteiger partial charge in [-0.3, -0.25) is 0 Å². The zero-order valence-corrected chi connectivity index (χ0v) is 10.4. The maximum atomic E-state index is 5.31. The molecule has 0 radical (unpaired) electrons. The second-order valence-corrected chi connectivity index (χ2v) is 5.73. The van der Waals surface area contributed by atoms with Crippen LogP contribution in [-0.2, 0) is 5.21 Å². The quantitative estimate of drug-likeness (QED) is 0.694. The van der Waals surface area contributed by atoms with Crippen molar-refractivity contribution in [1.29, 1.82) is 0 Å². The van der Waals surface area contributed by atoms with Crippen LogP contribution in [0.2, 0.25) is 0 Å². The Morgan fingerprint density at radius 3 is 3.19 bits per heavy atom. The number of nitrogens with zero attached hydrogens (tertiary/aromatic N) is 3. The monoisotopic (exact) mass is 276 g/mol. The van der Waals surface area contributed by atoms with Crippen LogP contribution in [0.5, 0.6) is 0 Å². The van der Waals surface area contributed by atoms with Crippen LogP contribution in [0.1, 0.15) is 5.76 Å². The van der Waals surface area contributed by atoms with Crippen LogP contribution >= 0.6 is 0 Å². The number of nitrogens with one attached hydrogen (secondary N) is 1. The molecule has 3 aromatic rings. The van der Waals surface area contributed by atoms with E-state index in [0.29, 0.717) is 0 Å². The summed E-state index contributed by atoms with van der Waals surface area (Å²) in [6, 6.07) is 3.90. The molecule has 3 heterocycles. The number of fused-ring (bicyclic) bond motifs is 1. The van der Waals surface area contributed by atoms with Crippen molar-refractivity contribution in [3.8, 4) is 0 Å². The van der Waals surface area contributed by atoms with Gasteiger partial charge >= 0.3 is 97.8 Å². The van der Waals surface area contributed by atoms with Gasteiger partial charge in [-0.15, -0.1) is 0 Å². The first-order chi connectivity index (χ1) is 7.93. The first-order valence-corrected chi connectivity index (χ1v) is 7.37. The minimum absolute atomic E-state index is 0.370. The third-order valence-corrected chi connectivity index (χ3v) is 4.80. The average molecular weight is 276 g/mol. The van der Waals surface area contributed by atoms with Gasteiger partial charge in [-0.1, -0.05) is 0 Å². The molecule has 5 nitrogen and oxygen atoms in total. The Balaban J connectivity index is 1.86. The van der Waals surface area contributed by atoms with Crippen LogP contribution in [0.15, 0.2) is 35.5 Å². The van der Waals surface area contributed by atoms with Crippen molar-refractivity contribution in [2.45, 2.75) is 5.21 Å². The summed E-state index contributed by atoms with van der Waals surface area (Å²) < 4.78 is 6.38. The summed E-state index contributed by atoms with van der Waals surface area (Å²) in [5, 5.41) is 0.950. The topological polar surface area (TPSA) is 67.6 Å². The van der Waals surface area contributed by atoms with Gasteiger partial charge in [0.25, 0.3) is 0 Å². The molecule has 0 aliphatic rings. The predicted octanol–water partition coefficient (Wildman–Crippen LogP) is 0.208. The van der Waals surface area contributed by atoms with Crippen LogP contribution < -0.4 is 4.48 Å². The molecule has 16 heavy (non-hydrogen) atoms. The Kier molecular flexibility index (Phi) is 2.46. The van der Waals surface area contributed by atoms with Crippen molar-refractivity contribution in [3.05, 3.63) is 36.8 Å². The van der Waals surface area contributed by atoms with Crippen molar-refractivity contribution in [2.75, 3.05) is 0 Å². The first kappa shape index (κ1) is 9.60. The molecule has 1 unspecified atom stereocenters. The SMILES string of the molecule is c1coc(C[AsH]c2ncnc3[nH]cnc23)c1. The minimum atomic E-state index is -0.370. The van der Waals surface area contributed by atoms with Crippen LogP contribution in [0.25, 0.3) is 11.2 Å². The zero-order chi connectivity index (χ0) is 10.8.